The summed E-state index contributed by atoms with van der Waals surface area (Å²) < 4.78 is 10.9. The van der Waals surface area contributed by atoms with E-state index in [0.717, 1.165) is 47.6 Å². The van der Waals surface area contributed by atoms with Crippen LogP contribution in [-0.4, -0.2) is 30.4 Å². The van der Waals surface area contributed by atoms with Crippen LogP contribution in [0.25, 0.3) is 10.8 Å². The van der Waals surface area contributed by atoms with E-state index in [2.05, 4.69) is 16.8 Å². The Morgan fingerprint density at radius 2 is 2.05 bits per heavy atom. The molecule has 0 unspecified atom stereocenters. The maximum Gasteiger partial charge on any atom is 0.231 e. The molecule has 5 nitrogen and oxygen atoms in total. The number of nitrogens with zero attached hydrogens (tertiary/aromatic N) is 2. The van der Waals surface area contributed by atoms with Crippen LogP contribution in [0, 0.1) is 0 Å². The van der Waals surface area contributed by atoms with Gasteiger partial charge in [0.1, 0.15) is 5.82 Å². The molecule has 0 saturated carbocycles. The second kappa shape index (κ2) is 3.99. The topological polar surface area (TPSA) is 60.6 Å². The Morgan fingerprint density at radius 3 is 2.80 bits per heavy atom. The summed E-state index contributed by atoms with van der Waals surface area (Å²) in [5.74, 6) is 2.58. The van der Waals surface area contributed by atoms with Crippen LogP contribution in [0.3, 0.4) is 0 Å². The number of ether oxygens (including phenoxy) is 2. The Morgan fingerprint density at radius 1 is 1.30 bits per heavy atom. The van der Waals surface area contributed by atoms with Gasteiger partial charge in [0.25, 0.3) is 0 Å². The van der Waals surface area contributed by atoms with Crippen molar-refractivity contribution in [3.8, 4) is 11.5 Å². The highest BCUT2D eigenvalue weighted by atomic mass is 16.7. The highest BCUT2D eigenvalue weighted by Crippen LogP contribution is 2.40. The maximum atomic E-state index is 6.25. The van der Waals surface area contributed by atoms with Gasteiger partial charge in [-0.2, -0.15) is 0 Å². The van der Waals surface area contributed by atoms with Crippen molar-refractivity contribution in [3.05, 3.63) is 24.4 Å². The number of rotatable bonds is 2. The van der Waals surface area contributed by atoms with Crippen LogP contribution in [0.5, 0.6) is 11.5 Å². The number of fused-ring (bicyclic) bond motifs is 2. The van der Waals surface area contributed by atoms with Gasteiger partial charge in [0.05, 0.1) is 5.54 Å². The van der Waals surface area contributed by atoms with Gasteiger partial charge in [0.15, 0.2) is 11.5 Å². The lowest BCUT2D eigenvalue weighted by Crippen LogP contribution is -2.67. The number of nitrogens with two attached hydrogens (primary N) is 1. The van der Waals surface area contributed by atoms with E-state index in [-0.39, 0.29) is 5.54 Å². The van der Waals surface area contributed by atoms with Crippen molar-refractivity contribution in [2.75, 3.05) is 24.8 Å². The first kappa shape index (κ1) is 11.8. The Balaban J connectivity index is 1.77. The van der Waals surface area contributed by atoms with Crippen LogP contribution in [0.4, 0.5) is 5.82 Å². The van der Waals surface area contributed by atoms with Crippen molar-refractivity contribution in [2.24, 2.45) is 5.73 Å². The number of hydrogen-bond acceptors (Lipinski definition) is 5. The minimum atomic E-state index is -0.0693. The number of pyridine rings is 1. The summed E-state index contributed by atoms with van der Waals surface area (Å²) in [6, 6.07) is 6.02. The molecule has 1 saturated heterocycles. The lowest BCUT2D eigenvalue weighted by molar-refractivity contribution is 0.174. The molecule has 0 bridgehead atoms. The van der Waals surface area contributed by atoms with Gasteiger partial charge < -0.3 is 20.1 Å². The Hall–Kier alpha value is -2.01. The van der Waals surface area contributed by atoms with Crippen LogP contribution >= 0.6 is 0 Å². The van der Waals surface area contributed by atoms with Crippen molar-refractivity contribution in [3.63, 3.8) is 0 Å². The molecule has 0 spiro atoms. The van der Waals surface area contributed by atoms with Gasteiger partial charge in [-0.05, 0) is 30.0 Å². The van der Waals surface area contributed by atoms with Crippen LogP contribution in [-0.2, 0) is 0 Å². The predicted molar refractivity (Wildman–Crippen MR) is 77.3 cm³/mol. The summed E-state index contributed by atoms with van der Waals surface area (Å²) in [5.41, 5.74) is 6.18. The highest BCUT2D eigenvalue weighted by Gasteiger charge is 2.39. The van der Waals surface area contributed by atoms with Gasteiger partial charge >= 0.3 is 0 Å². The SMILES string of the molecule is CCC1(N)CN(c2nccc3cc4c(cc23)OCO4)C1. The van der Waals surface area contributed by atoms with E-state index >= 15 is 0 Å². The van der Waals surface area contributed by atoms with Crippen molar-refractivity contribution in [1.29, 1.82) is 0 Å². The maximum absolute atomic E-state index is 6.25. The number of aromatic nitrogens is 1. The summed E-state index contributed by atoms with van der Waals surface area (Å²) in [7, 11) is 0. The van der Waals surface area contributed by atoms with Gasteiger partial charge in [-0.3, -0.25) is 0 Å². The predicted octanol–water partition coefficient (Wildman–Crippen LogP) is 1.89. The smallest absolute Gasteiger partial charge is 0.231 e. The minimum absolute atomic E-state index is 0.0693. The zero-order valence-corrected chi connectivity index (χ0v) is 11.4. The lowest BCUT2D eigenvalue weighted by Gasteiger charge is -2.48. The molecule has 2 aliphatic heterocycles. The van der Waals surface area contributed by atoms with Gasteiger partial charge in [-0.15, -0.1) is 0 Å². The average molecular weight is 271 g/mol. The fraction of sp³-hybridized carbons (Fsp3) is 0.400. The van der Waals surface area contributed by atoms with E-state index in [0.29, 0.717) is 6.79 Å². The van der Waals surface area contributed by atoms with Gasteiger partial charge in [0.2, 0.25) is 6.79 Å². The summed E-state index contributed by atoms with van der Waals surface area (Å²) in [6.07, 6.45) is 2.82. The van der Waals surface area contributed by atoms with Crippen molar-refractivity contribution in [2.45, 2.75) is 18.9 Å². The number of benzene rings is 1. The Labute approximate surface area is 117 Å². The van der Waals surface area contributed by atoms with E-state index in [4.69, 9.17) is 15.2 Å². The molecule has 3 heterocycles. The molecule has 2 N–H and O–H groups in total. The second-order valence-electron chi connectivity index (χ2n) is 5.63. The first-order chi connectivity index (χ1) is 9.68. The molecule has 2 aromatic rings. The van der Waals surface area contributed by atoms with E-state index in [1.165, 1.54) is 0 Å². The molecule has 2 aliphatic rings. The zero-order valence-electron chi connectivity index (χ0n) is 11.4. The molecular weight excluding hydrogens is 254 g/mol. The first-order valence-corrected chi connectivity index (χ1v) is 6.91. The number of hydrogen-bond donors (Lipinski definition) is 1. The molecule has 1 aromatic heterocycles. The Bertz CT molecular complexity index is 680. The van der Waals surface area contributed by atoms with Crippen LogP contribution in [0.15, 0.2) is 24.4 Å². The van der Waals surface area contributed by atoms with Crippen molar-refractivity contribution < 1.29 is 9.47 Å². The monoisotopic (exact) mass is 271 g/mol. The molecule has 20 heavy (non-hydrogen) atoms. The minimum Gasteiger partial charge on any atom is -0.454 e. The van der Waals surface area contributed by atoms with Crippen molar-refractivity contribution in [1.82, 2.24) is 4.98 Å². The molecule has 1 aromatic carbocycles. The van der Waals surface area contributed by atoms with E-state index in [9.17, 15) is 0 Å². The van der Waals surface area contributed by atoms with Gasteiger partial charge in [-0.1, -0.05) is 6.92 Å². The summed E-state index contributed by atoms with van der Waals surface area (Å²) in [6.45, 7) is 4.12. The second-order valence-corrected chi connectivity index (χ2v) is 5.63. The first-order valence-electron chi connectivity index (χ1n) is 6.91. The third kappa shape index (κ3) is 1.63. The molecule has 104 valence electrons. The van der Waals surface area contributed by atoms with E-state index in [1.807, 2.05) is 24.4 Å². The molecule has 5 heteroatoms. The average Bonchev–Trinajstić information content (AvgIpc) is 2.88. The quantitative estimate of drug-likeness (QED) is 0.903. The Kier molecular flexibility index (Phi) is 2.35. The van der Waals surface area contributed by atoms with Gasteiger partial charge in [0, 0.05) is 24.7 Å². The molecular formula is C15H17N3O2. The molecule has 0 amide bonds. The third-order valence-corrected chi connectivity index (χ3v) is 4.25. The normalized spacial score (nSPS) is 19.2. The van der Waals surface area contributed by atoms with E-state index < -0.39 is 0 Å². The zero-order chi connectivity index (χ0) is 13.7. The van der Waals surface area contributed by atoms with Crippen LogP contribution in [0.1, 0.15) is 13.3 Å². The fourth-order valence-corrected chi connectivity index (χ4v) is 2.89. The molecule has 0 radical (unpaired) electrons. The summed E-state index contributed by atoms with van der Waals surface area (Å²) in [4.78, 5) is 6.76. The fourth-order valence-electron chi connectivity index (χ4n) is 2.89. The number of anilines is 1. The standard InChI is InChI=1S/C15H17N3O2/c1-2-15(16)7-18(8-15)14-11-6-13-12(19-9-20-13)5-10(11)3-4-17-14/h3-6H,2,7-9,16H2,1H3. The third-order valence-electron chi connectivity index (χ3n) is 4.25. The summed E-state index contributed by atoms with van der Waals surface area (Å²) in [5, 5.41) is 2.21. The van der Waals surface area contributed by atoms with E-state index in [1.54, 1.807) is 0 Å². The molecule has 0 aliphatic carbocycles. The molecule has 0 atom stereocenters. The van der Waals surface area contributed by atoms with Gasteiger partial charge in [-0.25, -0.2) is 4.98 Å². The van der Waals surface area contributed by atoms with Crippen molar-refractivity contribution >= 4 is 16.6 Å². The lowest BCUT2D eigenvalue weighted by atomic mass is 9.88. The van der Waals surface area contributed by atoms with Crippen LogP contribution < -0.4 is 20.1 Å². The largest absolute Gasteiger partial charge is 0.454 e. The highest BCUT2D eigenvalue weighted by molar-refractivity contribution is 5.95. The summed E-state index contributed by atoms with van der Waals surface area (Å²) >= 11 is 0. The van der Waals surface area contributed by atoms with Crippen LogP contribution in [0.2, 0.25) is 0 Å². The molecule has 4 rings (SSSR count). The molecule has 1 fully saturated rings.